The van der Waals surface area contributed by atoms with Crippen LogP contribution in [0.5, 0.6) is 0 Å². The Balaban J connectivity index is 1.92. The third-order valence-corrected chi connectivity index (χ3v) is 3.86. The topological polar surface area (TPSA) is 49.4 Å². The maximum Gasteiger partial charge on any atom is 0.251 e. The second-order valence-corrected chi connectivity index (χ2v) is 5.78. The molecule has 1 aromatic rings. The molecule has 114 valence electrons. The van der Waals surface area contributed by atoms with E-state index in [1.165, 1.54) is 0 Å². The van der Waals surface area contributed by atoms with Crippen LogP contribution in [-0.2, 0) is 11.3 Å². The highest BCUT2D eigenvalue weighted by Crippen LogP contribution is 2.14. The predicted molar refractivity (Wildman–Crippen MR) is 82.9 cm³/mol. The van der Waals surface area contributed by atoms with Crippen LogP contribution in [-0.4, -0.2) is 29.3 Å². The number of amides is 2. The number of benzene rings is 1. The minimum absolute atomic E-state index is 0.0280. The van der Waals surface area contributed by atoms with Crippen molar-refractivity contribution in [2.45, 2.75) is 52.1 Å². The van der Waals surface area contributed by atoms with E-state index in [4.69, 9.17) is 0 Å². The third-order valence-electron chi connectivity index (χ3n) is 3.86. The monoisotopic (exact) mass is 288 g/mol. The lowest BCUT2D eigenvalue weighted by Crippen LogP contribution is -2.32. The van der Waals surface area contributed by atoms with Crippen LogP contribution in [0.1, 0.15) is 55.5 Å². The first-order valence-corrected chi connectivity index (χ1v) is 7.77. The fourth-order valence-electron chi connectivity index (χ4n) is 2.67. The minimum Gasteiger partial charge on any atom is -0.350 e. The first kappa shape index (κ1) is 15.5. The van der Waals surface area contributed by atoms with Crippen molar-refractivity contribution in [1.82, 2.24) is 10.2 Å². The molecule has 2 amide bonds. The van der Waals surface area contributed by atoms with Crippen molar-refractivity contribution in [3.05, 3.63) is 35.4 Å². The molecular weight excluding hydrogens is 264 g/mol. The molecule has 0 bridgehead atoms. The summed E-state index contributed by atoms with van der Waals surface area (Å²) >= 11 is 0. The average Bonchev–Trinajstić information content (AvgIpc) is 2.85. The van der Waals surface area contributed by atoms with Gasteiger partial charge in [0.05, 0.1) is 0 Å². The fraction of sp³-hybridized carbons (Fsp3) is 0.529. The molecule has 4 heteroatoms. The largest absolute Gasteiger partial charge is 0.350 e. The molecule has 1 heterocycles. The first-order chi connectivity index (χ1) is 10.1. The van der Waals surface area contributed by atoms with Crippen LogP contribution in [0.4, 0.5) is 0 Å². The molecule has 1 aliphatic heterocycles. The molecule has 0 radical (unpaired) electrons. The van der Waals surface area contributed by atoms with Gasteiger partial charge in [-0.2, -0.15) is 0 Å². The highest BCUT2D eigenvalue weighted by molar-refractivity contribution is 5.94. The Kier molecular flexibility index (Phi) is 5.37. The summed E-state index contributed by atoms with van der Waals surface area (Å²) < 4.78 is 0. The van der Waals surface area contributed by atoms with Crippen LogP contribution >= 0.6 is 0 Å². The van der Waals surface area contributed by atoms with Gasteiger partial charge in [0, 0.05) is 31.1 Å². The zero-order valence-electron chi connectivity index (χ0n) is 12.9. The summed E-state index contributed by atoms with van der Waals surface area (Å²) in [5.74, 6) is 0.199. The van der Waals surface area contributed by atoms with Crippen LogP contribution in [0.15, 0.2) is 24.3 Å². The first-order valence-electron chi connectivity index (χ1n) is 7.77. The number of likely N-dealkylation sites (tertiary alicyclic amines) is 1. The molecule has 1 aliphatic rings. The number of carbonyl (C=O) groups is 2. The van der Waals surface area contributed by atoms with E-state index in [0.29, 0.717) is 18.5 Å². The Labute approximate surface area is 126 Å². The van der Waals surface area contributed by atoms with Gasteiger partial charge >= 0.3 is 0 Å². The molecule has 0 spiro atoms. The molecule has 1 aromatic carbocycles. The number of carbonyl (C=O) groups excluding carboxylic acids is 2. The average molecular weight is 288 g/mol. The summed E-state index contributed by atoms with van der Waals surface area (Å²) in [7, 11) is 0. The molecule has 1 saturated heterocycles. The van der Waals surface area contributed by atoms with Crippen LogP contribution < -0.4 is 5.32 Å². The van der Waals surface area contributed by atoms with E-state index in [-0.39, 0.29) is 17.9 Å². The highest BCUT2D eigenvalue weighted by atomic mass is 16.2. The maximum absolute atomic E-state index is 12.1. The van der Waals surface area contributed by atoms with Crippen LogP contribution in [0.3, 0.4) is 0 Å². The van der Waals surface area contributed by atoms with Crippen LogP contribution in [0.2, 0.25) is 0 Å². The normalized spacial score (nSPS) is 16.1. The quantitative estimate of drug-likeness (QED) is 0.875. The van der Waals surface area contributed by atoms with Gasteiger partial charge in [0.1, 0.15) is 0 Å². The van der Waals surface area contributed by atoms with Gasteiger partial charge in [0.25, 0.3) is 5.91 Å². The Hall–Kier alpha value is -1.84. The molecule has 1 N–H and O–H groups in total. The van der Waals surface area contributed by atoms with E-state index in [2.05, 4.69) is 12.2 Å². The van der Waals surface area contributed by atoms with E-state index in [0.717, 1.165) is 31.4 Å². The van der Waals surface area contributed by atoms with Crippen molar-refractivity contribution in [1.29, 1.82) is 0 Å². The van der Waals surface area contributed by atoms with Gasteiger partial charge in [-0.3, -0.25) is 9.59 Å². The predicted octanol–water partition coefficient (Wildman–Crippen LogP) is 2.73. The SMILES string of the molecule is CCC[C@H](C)NC(=O)c1ccc(CN2CCCC2=O)cc1. The van der Waals surface area contributed by atoms with Crippen LogP contribution in [0, 0.1) is 0 Å². The number of nitrogens with zero attached hydrogens (tertiary/aromatic N) is 1. The number of nitrogens with one attached hydrogen (secondary N) is 1. The van der Waals surface area contributed by atoms with Crippen molar-refractivity contribution in [2.24, 2.45) is 0 Å². The third kappa shape index (κ3) is 4.31. The second kappa shape index (κ2) is 7.25. The molecule has 4 nitrogen and oxygen atoms in total. The summed E-state index contributed by atoms with van der Waals surface area (Å²) in [6.45, 7) is 5.62. The summed E-state index contributed by atoms with van der Waals surface area (Å²) in [6.07, 6.45) is 3.66. The summed E-state index contributed by atoms with van der Waals surface area (Å²) in [4.78, 5) is 25.5. The lowest BCUT2D eigenvalue weighted by atomic mass is 10.1. The summed E-state index contributed by atoms with van der Waals surface area (Å²) in [5.41, 5.74) is 1.75. The van der Waals surface area contributed by atoms with Gasteiger partial charge in [0.2, 0.25) is 5.91 Å². The Morgan fingerprint density at radius 3 is 2.62 bits per heavy atom. The van der Waals surface area contributed by atoms with E-state index in [1.807, 2.05) is 36.1 Å². The second-order valence-electron chi connectivity index (χ2n) is 5.78. The van der Waals surface area contributed by atoms with Crippen molar-refractivity contribution in [2.75, 3.05) is 6.54 Å². The van der Waals surface area contributed by atoms with Crippen molar-refractivity contribution in [3.8, 4) is 0 Å². The molecule has 2 rings (SSSR count). The highest BCUT2D eigenvalue weighted by Gasteiger charge is 2.20. The number of hydrogen-bond acceptors (Lipinski definition) is 2. The van der Waals surface area contributed by atoms with E-state index < -0.39 is 0 Å². The van der Waals surface area contributed by atoms with E-state index >= 15 is 0 Å². The van der Waals surface area contributed by atoms with Gasteiger partial charge in [-0.25, -0.2) is 0 Å². The van der Waals surface area contributed by atoms with E-state index in [1.54, 1.807) is 0 Å². The molecule has 0 aliphatic carbocycles. The Bertz CT molecular complexity index is 496. The molecule has 1 atom stereocenters. The number of hydrogen-bond donors (Lipinski definition) is 1. The number of rotatable bonds is 6. The van der Waals surface area contributed by atoms with Crippen molar-refractivity contribution in [3.63, 3.8) is 0 Å². The van der Waals surface area contributed by atoms with Gasteiger partial charge in [-0.15, -0.1) is 0 Å². The van der Waals surface area contributed by atoms with Crippen LogP contribution in [0.25, 0.3) is 0 Å². The lowest BCUT2D eigenvalue weighted by Gasteiger charge is -2.16. The zero-order valence-corrected chi connectivity index (χ0v) is 12.9. The Morgan fingerprint density at radius 2 is 2.05 bits per heavy atom. The molecule has 0 aromatic heterocycles. The Morgan fingerprint density at radius 1 is 1.33 bits per heavy atom. The molecule has 1 fully saturated rings. The molecular formula is C17H24N2O2. The maximum atomic E-state index is 12.1. The molecule has 0 saturated carbocycles. The standard InChI is InChI=1S/C17H24N2O2/c1-3-5-13(2)18-17(21)15-9-7-14(8-10-15)12-19-11-4-6-16(19)20/h7-10,13H,3-6,11-12H2,1-2H3,(H,18,21)/t13-/m0/s1. The van der Waals surface area contributed by atoms with Gasteiger partial charge in [0.15, 0.2) is 0 Å². The van der Waals surface area contributed by atoms with Crippen molar-refractivity contribution < 1.29 is 9.59 Å². The molecule has 21 heavy (non-hydrogen) atoms. The lowest BCUT2D eigenvalue weighted by molar-refractivity contribution is -0.128. The fourth-order valence-corrected chi connectivity index (χ4v) is 2.67. The van der Waals surface area contributed by atoms with Crippen molar-refractivity contribution >= 4 is 11.8 Å². The summed E-state index contributed by atoms with van der Waals surface area (Å²) in [6, 6.07) is 7.74. The van der Waals surface area contributed by atoms with Gasteiger partial charge in [-0.1, -0.05) is 25.5 Å². The zero-order chi connectivity index (χ0) is 15.2. The smallest absolute Gasteiger partial charge is 0.251 e. The minimum atomic E-state index is -0.0280. The van der Waals surface area contributed by atoms with E-state index in [9.17, 15) is 9.59 Å². The molecule has 0 unspecified atom stereocenters. The summed E-state index contributed by atoms with van der Waals surface area (Å²) in [5, 5.41) is 2.99. The van der Waals surface area contributed by atoms with Gasteiger partial charge < -0.3 is 10.2 Å². The van der Waals surface area contributed by atoms with Gasteiger partial charge in [-0.05, 0) is 37.5 Å².